The first kappa shape index (κ1) is 20.4. The van der Waals surface area contributed by atoms with E-state index in [4.69, 9.17) is 0 Å². The van der Waals surface area contributed by atoms with E-state index >= 15 is 0 Å². The van der Waals surface area contributed by atoms with E-state index in [1.54, 1.807) is 4.57 Å². The van der Waals surface area contributed by atoms with Gasteiger partial charge in [-0.15, -0.1) is 21.5 Å². The Morgan fingerprint density at radius 1 is 1.19 bits per heavy atom. The number of aromatic amines is 1. The molecule has 2 N–H and O–H groups in total. The van der Waals surface area contributed by atoms with Crippen molar-refractivity contribution in [2.45, 2.75) is 39.2 Å². The SMILES string of the molecule is CCn1c(=O)c2sccc2n2c(CCCC(=O)NCCc3c[nH]c4ccccc34)nnc12. The molecule has 0 aliphatic carbocycles. The molecule has 164 valence electrons. The summed E-state index contributed by atoms with van der Waals surface area (Å²) in [6.07, 6.45) is 4.49. The molecule has 0 saturated heterocycles. The summed E-state index contributed by atoms with van der Waals surface area (Å²) in [7, 11) is 0. The molecule has 0 spiro atoms. The molecule has 4 heterocycles. The monoisotopic (exact) mass is 448 g/mol. The second-order valence-corrected chi connectivity index (χ2v) is 8.67. The lowest BCUT2D eigenvalue weighted by molar-refractivity contribution is -0.121. The van der Waals surface area contributed by atoms with Crippen LogP contribution in [0.5, 0.6) is 0 Å². The van der Waals surface area contributed by atoms with Crippen LogP contribution in [-0.4, -0.2) is 36.6 Å². The lowest BCUT2D eigenvalue weighted by Crippen LogP contribution is -2.25. The predicted octanol–water partition coefficient (Wildman–Crippen LogP) is 3.29. The summed E-state index contributed by atoms with van der Waals surface area (Å²) >= 11 is 1.43. The first-order valence-electron chi connectivity index (χ1n) is 10.8. The maximum atomic E-state index is 12.6. The predicted molar refractivity (Wildman–Crippen MR) is 126 cm³/mol. The van der Waals surface area contributed by atoms with E-state index in [2.05, 4.69) is 32.6 Å². The highest BCUT2D eigenvalue weighted by Crippen LogP contribution is 2.20. The number of H-pyrrole nitrogens is 1. The number of hydrogen-bond acceptors (Lipinski definition) is 5. The second-order valence-electron chi connectivity index (χ2n) is 7.75. The number of thiophene rings is 1. The molecule has 1 aromatic carbocycles. The third-order valence-corrected chi connectivity index (χ3v) is 6.68. The molecule has 32 heavy (non-hydrogen) atoms. The van der Waals surface area contributed by atoms with Crippen molar-refractivity contribution in [1.82, 2.24) is 29.5 Å². The number of carbonyl (C=O) groups is 1. The number of nitrogens with one attached hydrogen (secondary N) is 2. The van der Waals surface area contributed by atoms with Crippen LogP contribution >= 0.6 is 11.3 Å². The van der Waals surface area contributed by atoms with Crippen LogP contribution in [0.1, 0.15) is 31.2 Å². The minimum absolute atomic E-state index is 0.0291. The molecule has 0 atom stereocenters. The van der Waals surface area contributed by atoms with Gasteiger partial charge < -0.3 is 10.3 Å². The minimum atomic E-state index is -0.0291. The maximum absolute atomic E-state index is 12.6. The number of rotatable bonds is 8. The van der Waals surface area contributed by atoms with Gasteiger partial charge in [-0.25, -0.2) is 0 Å². The molecule has 5 rings (SSSR count). The Hall–Kier alpha value is -3.46. The van der Waals surface area contributed by atoms with Crippen molar-refractivity contribution in [3.8, 4) is 0 Å². The Morgan fingerprint density at radius 2 is 2.06 bits per heavy atom. The second kappa shape index (κ2) is 8.58. The Bertz CT molecular complexity index is 1470. The molecule has 8 nitrogen and oxygen atoms in total. The van der Waals surface area contributed by atoms with Gasteiger partial charge in [0.2, 0.25) is 11.7 Å². The van der Waals surface area contributed by atoms with Crippen molar-refractivity contribution in [1.29, 1.82) is 0 Å². The number of nitrogens with zero attached hydrogens (tertiary/aromatic N) is 4. The minimum Gasteiger partial charge on any atom is -0.361 e. The van der Waals surface area contributed by atoms with Crippen molar-refractivity contribution in [3.63, 3.8) is 0 Å². The summed E-state index contributed by atoms with van der Waals surface area (Å²) < 4.78 is 4.30. The number of benzene rings is 1. The summed E-state index contributed by atoms with van der Waals surface area (Å²) in [6.45, 7) is 3.07. The van der Waals surface area contributed by atoms with Gasteiger partial charge in [0.05, 0.1) is 5.52 Å². The molecule has 4 aromatic heterocycles. The van der Waals surface area contributed by atoms with Gasteiger partial charge >= 0.3 is 0 Å². The lowest BCUT2D eigenvalue weighted by Gasteiger charge is -2.07. The molecular weight excluding hydrogens is 424 g/mol. The number of hydrogen-bond donors (Lipinski definition) is 2. The fourth-order valence-corrected chi connectivity index (χ4v) is 5.02. The van der Waals surface area contributed by atoms with E-state index in [0.717, 1.165) is 23.3 Å². The van der Waals surface area contributed by atoms with Crippen LogP contribution in [-0.2, 0) is 24.2 Å². The van der Waals surface area contributed by atoms with Gasteiger partial charge in [-0.05, 0) is 42.8 Å². The number of carbonyl (C=O) groups excluding carboxylic acids is 1. The van der Waals surface area contributed by atoms with Gasteiger partial charge in [-0.3, -0.25) is 18.6 Å². The normalized spacial score (nSPS) is 11.7. The molecule has 0 saturated carbocycles. The topological polar surface area (TPSA) is 97.1 Å². The van der Waals surface area contributed by atoms with Crippen LogP contribution in [0.25, 0.3) is 26.9 Å². The third kappa shape index (κ3) is 3.58. The van der Waals surface area contributed by atoms with E-state index < -0.39 is 0 Å². The van der Waals surface area contributed by atoms with Crippen molar-refractivity contribution < 1.29 is 4.79 Å². The summed E-state index contributed by atoms with van der Waals surface area (Å²) in [5.74, 6) is 1.36. The highest BCUT2D eigenvalue weighted by molar-refractivity contribution is 7.17. The number of aromatic nitrogens is 5. The maximum Gasteiger partial charge on any atom is 0.272 e. The fourth-order valence-electron chi connectivity index (χ4n) is 4.20. The summed E-state index contributed by atoms with van der Waals surface area (Å²) in [4.78, 5) is 28.2. The lowest BCUT2D eigenvalue weighted by atomic mass is 10.1. The van der Waals surface area contributed by atoms with E-state index in [9.17, 15) is 9.59 Å². The zero-order valence-electron chi connectivity index (χ0n) is 17.8. The van der Waals surface area contributed by atoms with Crippen molar-refractivity contribution in [2.24, 2.45) is 0 Å². The summed E-state index contributed by atoms with van der Waals surface area (Å²) in [6, 6.07) is 10.1. The van der Waals surface area contributed by atoms with E-state index in [-0.39, 0.29) is 11.5 Å². The molecule has 0 aliphatic rings. The smallest absolute Gasteiger partial charge is 0.272 e. The highest BCUT2D eigenvalue weighted by atomic mass is 32.1. The Labute approximate surface area is 187 Å². The molecule has 9 heteroatoms. The first-order valence-corrected chi connectivity index (χ1v) is 11.7. The van der Waals surface area contributed by atoms with Gasteiger partial charge in [0.25, 0.3) is 5.56 Å². The number of fused-ring (bicyclic) bond motifs is 4. The summed E-state index contributed by atoms with van der Waals surface area (Å²) in [5.41, 5.74) is 3.13. The van der Waals surface area contributed by atoms with Crippen LogP contribution in [0, 0.1) is 0 Å². The Balaban J connectivity index is 1.20. The molecule has 0 unspecified atom stereocenters. The molecule has 0 fully saturated rings. The fraction of sp³-hybridized carbons (Fsp3) is 0.304. The molecular formula is C23H24N6O2S. The molecule has 5 aromatic rings. The molecule has 0 radical (unpaired) electrons. The molecule has 0 bridgehead atoms. The quantitative estimate of drug-likeness (QED) is 0.381. The molecule has 1 amide bonds. The van der Waals surface area contributed by atoms with Crippen molar-refractivity contribution >= 4 is 44.1 Å². The Morgan fingerprint density at radius 3 is 2.94 bits per heavy atom. The first-order chi connectivity index (χ1) is 15.7. The van der Waals surface area contributed by atoms with E-state index in [1.165, 1.54) is 22.3 Å². The van der Waals surface area contributed by atoms with Crippen LogP contribution < -0.4 is 10.9 Å². The number of para-hydroxylation sites is 1. The third-order valence-electron chi connectivity index (χ3n) is 5.79. The largest absolute Gasteiger partial charge is 0.361 e. The van der Waals surface area contributed by atoms with Gasteiger partial charge in [0, 0.05) is 43.0 Å². The van der Waals surface area contributed by atoms with Crippen LogP contribution in [0.2, 0.25) is 0 Å². The van der Waals surface area contributed by atoms with Gasteiger partial charge in [-0.2, -0.15) is 0 Å². The van der Waals surface area contributed by atoms with Gasteiger partial charge in [-0.1, -0.05) is 18.2 Å². The van der Waals surface area contributed by atoms with Gasteiger partial charge in [0.15, 0.2) is 0 Å². The van der Waals surface area contributed by atoms with Crippen molar-refractivity contribution in [3.05, 3.63) is 63.7 Å². The summed E-state index contributed by atoms with van der Waals surface area (Å²) in [5, 5.41) is 14.7. The standard InChI is InChI=1S/C23H24N6O2S/c1-2-28-22(31)21-18(11-13-32-21)29-19(26-27-23(28)29)8-5-9-20(30)24-12-10-15-14-25-17-7-4-3-6-16(15)17/h3-4,6-7,11,13-14,25H,2,5,8-10,12H2,1H3,(H,24,30). The average molecular weight is 449 g/mol. The van der Waals surface area contributed by atoms with Crippen LogP contribution in [0.4, 0.5) is 0 Å². The van der Waals surface area contributed by atoms with E-state index in [0.29, 0.717) is 42.8 Å². The zero-order chi connectivity index (χ0) is 22.1. The Kier molecular flexibility index (Phi) is 5.48. The highest BCUT2D eigenvalue weighted by Gasteiger charge is 2.16. The van der Waals surface area contributed by atoms with Crippen LogP contribution in [0.3, 0.4) is 0 Å². The number of amides is 1. The van der Waals surface area contributed by atoms with Crippen LogP contribution in [0.15, 0.2) is 46.7 Å². The van der Waals surface area contributed by atoms with E-state index in [1.807, 2.05) is 41.1 Å². The molecule has 0 aliphatic heterocycles. The van der Waals surface area contributed by atoms with Gasteiger partial charge in [0.1, 0.15) is 10.5 Å². The number of aryl methyl sites for hydroxylation is 2. The average Bonchev–Trinajstić information content (AvgIpc) is 3.53. The van der Waals surface area contributed by atoms with Crippen molar-refractivity contribution in [2.75, 3.05) is 6.54 Å². The zero-order valence-corrected chi connectivity index (χ0v) is 18.6.